The topological polar surface area (TPSA) is 59.0 Å². The summed E-state index contributed by atoms with van der Waals surface area (Å²) in [6.45, 7) is 6.81. The summed E-state index contributed by atoms with van der Waals surface area (Å²) in [5.41, 5.74) is 0. The van der Waals surface area contributed by atoms with E-state index in [9.17, 15) is 4.79 Å². The zero-order valence-corrected chi connectivity index (χ0v) is 11.3. The Hall–Kier alpha value is -0.650. The Kier molecular flexibility index (Phi) is 7.96. The highest BCUT2D eigenvalue weighted by atomic mass is 16.5. The first kappa shape index (κ1) is 15.4. The van der Waals surface area contributed by atoms with Crippen molar-refractivity contribution in [1.82, 2.24) is 4.90 Å². The molecule has 0 saturated carbocycles. The molecule has 0 aromatic rings. The fourth-order valence-electron chi connectivity index (χ4n) is 2.18. The van der Waals surface area contributed by atoms with Crippen LogP contribution in [0.25, 0.3) is 0 Å². The summed E-state index contributed by atoms with van der Waals surface area (Å²) >= 11 is 0. The minimum absolute atomic E-state index is 0.0427. The second-order valence-electron chi connectivity index (χ2n) is 4.56. The maximum atomic E-state index is 11.6. The minimum Gasteiger partial charge on any atom is -0.466 e. The van der Waals surface area contributed by atoms with Crippen molar-refractivity contribution in [3.05, 3.63) is 0 Å². The third kappa shape index (κ3) is 5.80. The van der Waals surface area contributed by atoms with Crippen molar-refractivity contribution in [2.75, 3.05) is 46.1 Å². The quantitative estimate of drug-likeness (QED) is 0.649. The van der Waals surface area contributed by atoms with Crippen molar-refractivity contribution in [2.24, 2.45) is 5.92 Å². The van der Waals surface area contributed by atoms with Crippen molar-refractivity contribution < 1.29 is 19.4 Å². The molecule has 1 aliphatic heterocycles. The fraction of sp³-hybridized carbons (Fsp3) is 0.923. The number of aliphatic hydroxyl groups excluding tert-OH is 1. The zero-order chi connectivity index (χ0) is 13.2. The van der Waals surface area contributed by atoms with E-state index in [4.69, 9.17) is 14.6 Å². The minimum atomic E-state index is -0.173. The SMILES string of the molecule is CCOC(=O)C(CCO)CCCN1CCOCC1. The summed E-state index contributed by atoms with van der Waals surface area (Å²) in [5, 5.41) is 8.97. The number of rotatable bonds is 8. The Labute approximate surface area is 109 Å². The molecule has 0 radical (unpaired) electrons. The lowest BCUT2D eigenvalue weighted by atomic mass is 10.00. The van der Waals surface area contributed by atoms with Crippen molar-refractivity contribution >= 4 is 5.97 Å². The average molecular weight is 259 g/mol. The predicted octanol–water partition coefficient (Wildman–Crippen LogP) is 0.660. The number of carbonyl (C=O) groups excluding carboxylic acids is 1. The van der Waals surface area contributed by atoms with E-state index < -0.39 is 0 Å². The second kappa shape index (κ2) is 9.30. The van der Waals surface area contributed by atoms with Gasteiger partial charge in [-0.05, 0) is 32.7 Å². The molecule has 18 heavy (non-hydrogen) atoms. The van der Waals surface area contributed by atoms with Crippen LogP contribution in [-0.2, 0) is 14.3 Å². The van der Waals surface area contributed by atoms with E-state index in [0.29, 0.717) is 13.0 Å². The van der Waals surface area contributed by atoms with Crippen LogP contribution in [0.1, 0.15) is 26.2 Å². The van der Waals surface area contributed by atoms with E-state index in [-0.39, 0.29) is 18.5 Å². The van der Waals surface area contributed by atoms with Crippen LogP contribution in [0.3, 0.4) is 0 Å². The molecule has 1 fully saturated rings. The van der Waals surface area contributed by atoms with E-state index in [2.05, 4.69) is 4.90 Å². The van der Waals surface area contributed by atoms with Gasteiger partial charge in [-0.25, -0.2) is 0 Å². The lowest BCUT2D eigenvalue weighted by molar-refractivity contribution is -0.148. The molecular formula is C13H25NO4. The van der Waals surface area contributed by atoms with Gasteiger partial charge in [0.05, 0.1) is 25.7 Å². The number of hydrogen-bond donors (Lipinski definition) is 1. The molecule has 5 nitrogen and oxygen atoms in total. The Morgan fingerprint density at radius 2 is 2.11 bits per heavy atom. The Balaban J connectivity index is 2.21. The van der Waals surface area contributed by atoms with Crippen LogP contribution < -0.4 is 0 Å². The molecule has 1 heterocycles. The third-order valence-electron chi connectivity index (χ3n) is 3.23. The van der Waals surface area contributed by atoms with Gasteiger partial charge in [0.25, 0.3) is 0 Å². The number of morpholine rings is 1. The molecule has 0 aromatic heterocycles. The van der Waals surface area contributed by atoms with Crippen molar-refractivity contribution in [2.45, 2.75) is 26.2 Å². The first-order valence-electron chi connectivity index (χ1n) is 6.85. The lowest BCUT2D eigenvalue weighted by Crippen LogP contribution is -2.37. The standard InChI is InChI=1S/C13H25NO4/c1-2-18-13(16)12(5-9-15)4-3-6-14-7-10-17-11-8-14/h12,15H,2-11H2,1H3. The van der Waals surface area contributed by atoms with Crippen molar-refractivity contribution in [3.8, 4) is 0 Å². The van der Waals surface area contributed by atoms with Crippen LogP contribution in [0.2, 0.25) is 0 Å². The van der Waals surface area contributed by atoms with Gasteiger partial charge in [-0.2, -0.15) is 0 Å². The monoisotopic (exact) mass is 259 g/mol. The van der Waals surface area contributed by atoms with Crippen LogP contribution in [0.15, 0.2) is 0 Å². The highest BCUT2D eigenvalue weighted by Gasteiger charge is 2.19. The van der Waals surface area contributed by atoms with Gasteiger partial charge in [0.1, 0.15) is 0 Å². The van der Waals surface area contributed by atoms with E-state index in [1.165, 1.54) is 0 Å². The van der Waals surface area contributed by atoms with Gasteiger partial charge in [-0.3, -0.25) is 9.69 Å². The Morgan fingerprint density at radius 1 is 1.39 bits per heavy atom. The van der Waals surface area contributed by atoms with Gasteiger partial charge >= 0.3 is 5.97 Å². The molecule has 1 saturated heterocycles. The summed E-state index contributed by atoms with van der Waals surface area (Å²) in [4.78, 5) is 14.0. The van der Waals surface area contributed by atoms with E-state index in [0.717, 1.165) is 45.7 Å². The maximum Gasteiger partial charge on any atom is 0.309 e. The summed E-state index contributed by atoms with van der Waals surface area (Å²) in [7, 11) is 0. The largest absolute Gasteiger partial charge is 0.466 e. The third-order valence-corrected chi connectivity index (χ3v) is 3.23. The van der Waals surface area contributed by atoms with Crippen LogP contribution >= 0.6 is 0 Å². The molecule has 5 heteroatoms. The normalized spacial score (nSPS) is 18.6. The van der Waals surface area contributed by atoms with Gasteiger partial charge in [-0.15, -0.1) is 0 Å². The first-order valence-corrected chi connectivity index (χ1v) is 6.85. The highest BCUT2D eigenvalue weighted by Crippen LogP contribution is 2.14. The number of nitrogens with zero attached hydrogens (tertiary/aromatic N) is 1. The molecule has 0 spiro atoms. The number of ether oxygens (including phenoxy) is 2. The van der Waals surface area contributed by atoms with Gasteiger partial charge < -0.3 is 14.6 Å². The molecule has 106 valence electrons. The van der Waals surface area contributed by atoms with Gasteiger partial charge in [0.2, 0.25) is 0 Å². The van der Waals surface area contributed by atoms with Gasteiger partial charge in [0, 0.05) is 19.7 Å². The van der Waals surface area contributed by atoms with E-state index in [1.807, 2.05) is 6.92 Å². The number of esters is 1. The molecule has 0 bridgehead atoms. The summed E-state index contributed by atoms with van der Waals surface area (Å²) in [6, 6.07) is 0. The highest BCUT2D eigenvalue weighted by molar-refractivity contribution is 5.72. The smallest absolute Gasteiger partial charge is 0.309 e. The summed E-state index contributed by atoms with van der Waals surface area (Å²) in [6.07, 6.45) is 2.25. The van der Waals surface area contributed by atoms with E-state index >= 15 is 0 Å². The zero-order valence-electron chi connectivity index (χ0n) is 11.3. The molecule has 1 atom stereocenters. The molecular weight excluding hydrogens is 234 g/mol. The first-order chi connectivity index (χ1) is 8.77. The molecule has 1 rings (SSSR count). The predicted molar refractivity (Wildman–Crippen MR) is 68.3 cm³/mol. The summed E-state index contributed by atoms with van der Waals surface area (Å²) < 4.78 is 10.3. The fourth-order valence-corrected chi connectivity index (χ4v) is 2.18. The molecule has 0 aliphatic carbocycles. The Morgan fingerprint density at radius 3 is 2.72 bits per heavy atom. The maximum absolute atomic E-state index is 11.6. The van der Waals surface area contributed by atoms with Crippen LogP contribution in [0.4, 0.5) is 0 Å². The van der Waals surface area contributed by atoms with Crippen LogP contribution in [0, 0.1) is 5.92 Å². The van der Waals surface area contributed by atoms with Crippen LogP contribution in [-0.4, -0.2) is 62.0 Å². The van der Waals surface area contributed by atoms with Gasteiger partial charge in [0.15, 0.2) is 0 Å². The molecule has 0 aromatic carbocycles. The molecule has 1 N–H and O–H groups in total. The molecule has 1 aliphatic rings. The Bertz CT molecular complexity index is 229. The number of aliphatic hydroxyl groups is 1. The number of hydrogen-bond acceptors (Lipinski definition) is 5. The van der Waals surface area contributed by atoms with Crippen molar-refractivity contribution in [1.29, 1.82) is 0 Å². The summed E-state index contributed by atoms with van der Waals surface area (Å²) in [5.74, 6) is -0.329. The molecule has 1 unspecified atom stereocenters. The lowest BCUT2D eigenvalue weighted by Gasteiger charge is -2.27. The van der Waals surface area contributed by atoms with Gasteiger partial charge in [-0.1, -0.05) is 0 Å². The van der Waals surface area contributed by atoms with Crippen molar-refractivity contribution in [3.63, 3.8) is 0 Å². The number of carbonyl (C=O) groups is 1. The van der Waals surface area contributed by atoms with E-state index in [1.54, 1.807) is 0 Å². The second-order valence-corrected chi connectivity index (χ2v) is 4.56. The molecule has 0 amide bonds. The van der Waals surface area contributed by atoms with Crippen LogP contribution in [0.5, 0.6) is 0 Å². The average Bonchev–Trinajstić information content (AvgIpc) is 2.39.